The lowest BCUT2D eigenvalue weighted by Gasteiger charge is -2.37. The highest BCUT2D eigenvalue weighted by atomic mass is 16.2. The van der Waals surface area contributed by atoms with Crippen molar-refractivity contribution in [1.82, 2.24) is 14.5 Å². The Morgan fingerprint density at radius 2 is 2.10 bits per heavy atom. The standard InChI is InChI=1S/C16H19N3O/c1-2-4-15-14-5-3-10-18(14)11-12-19(15)16(20)13-6-8-17-9-7-13/h3,5-10,15H,2,4,11-12H2,1H3/t15-/m0/s1. The van der Waals surface area contributed by atoms with E-state index >= 15 is 0 Å². The lowest BCUT2D eigenvalue weighted by atomic mass is 10.0. The minimum absolute atomic E-state index is 0.110. The number of rotatable bonds is 3. The molecular formula is C16H19N3O. The first kappa shape index (κ1) is 12.9. The SMILES string of the molecule is CCC[C@H]1c2cccn2CCN1C(=O)c1ccncc1. The number of pyridine rings is 1. The fraction of sp³-hybridized carbons (Fsp3) is 0.375. The van der Waals surface area contributed by atoms with Crippen molar-refractivity contribution >= 4 is 5.91 Å². The molecule has 104 valence electrons. The van der Waals surface area contributed by atoms with Gasteiger partial charge in [0.1, 0.15) is 0 Å². The van der Waals surface area contributed by atoms with Gasteiger partial charge in [0.2, 0.25) is 0 Å². The Bertz CT molecular complexity index is 591. The van der Waals surface area contributed by atoms with Crippen LogP contribution in [0.25, 0.3) is 0 Å². The summed E-state index contributed by atoms with van der Waals surface area (Å²) in [5.74, 6) is 0.110. The molecule has 2 aromatic heterocycles. The van der Waals surface area contributed by atoms with Crippen molar-refractivity contribution in [3.05, 3.63) is 54.1 Å². The highest BCUT2D eigenvalue weighted by Crippen LogP contribution is 2.31. The number of nitrogens with zero attached hydrogens (tertiary/aromatic N) is 3. The van der Waals surface area contributed by atoms with Gasteiger partial charge in [0.05, 0.1) is 6.04 Å². The predicted molar refractivity (Wildman–Crippen MR) is 77.4 cm³/mol. The summed E-state index contributed by atoms with van der Waals surface area (Å²) in [4.78, 5) is 18.7. The molecule has 1 aliphatic heterocycles. The molecule has 0 N–H and O–H groups in total. The largest absolute Gasteiger partial charge is 0.348 e. The van der Waals surface area contributed by atoms with Gasteiger partial charge in [0, 0.05) is 42.9 Å². The summed E-state index contributed by atoms with van der Waals surface area (Å²) >= 11 is 0. The van der Waals surface area contributed by atoms with E-state index < -0.39 is 0 Å². The molecule has 20 heavy (non-hydrogen) atoms. The van der Waals surface area contributed by atoms with Gasteiger partial charge in [-0.2, -0.15) is 0 Å². The molecule has 0 aromatic carbocycles. The van der Waals surface area contributed by atoms with Gasteiger partial charge in [0.25, 0.3) is 5.91 Å². The van der Waals surface area contributed by atoms with Crippen LogP contribution in [0.3, 0.4) is 0 Å². The molecule has 0 unspecified atom stereocenters. The number of carbonyl (C=O) groups is 1. The van der Waals surface area contributed by atoms with Gasteiger partial charge < -0.3 is 9.47 Å². The highest BCUT2D eigenvalue weighted by molar-refractivity contribution is 5.94. The monoisotopic (exact) mass is 269 g/mol. The van der Waals surface area contributed by atoms with E-state index in [1.54, 1.807) is 24.5 Å². The van der Waals surface area contributed by atoms with Crippen LogP contribution in [0.15, 0.2) is 42.9 Å². The van der Waals surface area contributed by atoms with Crippen LogP contribution >= 0.6 is 0 Å². The molecule has 0 aliphatic carbocycles. The third kappa shape index (κ3) is 2.22. The van der Waals surface area contributed by atoms with Gasteiger partial charge in [-0.1, -0.05) is 13.3 Å². The van der Waals surface area contributed by atoms with E-state index in [4.69, 9.17) is 0 Å². The molecule has 0 saturated carbocycles. The average Bonchev–Trinajstić information content (AvgIpc) is 2.97. The quantitative estimate of drug-likeness (QED) is 0.859. The van der Waals surface area contributed by atoms with Crippen LogP contribution in [-0.4, -0.2) is 26.9 Å². The molecular weight excluding hydrogens is 250 g/mol. The average molecular weight is 269 g/mol. The van der Waals surface area contributed by atoms with Crippen LogP contribution in [0.1, 0.15) is 41.9 Å². The Morgan fingerprint density at radius 1 is 1.30 bits per heavy atom. The Kier molecular flexibility index (Phi) is 3.54. The van der Waals surface area contributed by atoms with Gasteiger partial charge in [-0.25, -0.2) is 0 Å². The molecule has 0 spiro atoms. The van der Waals surface area contributed by atoms with E-state index in [1.807, 2.05) is 4.90 Å². The molecule has 4 nitrogen and oxygen atoms in total. The normalized spacial score (nSPS) is 17.9. The van der Waals surface area contributed by atoms with Crippen molar-refractivity contribution < 1.29 is 4.79 Å². The van der Waals surface area contributed by atoms with Gasteiger partial charge in [-0.15, -0.1) is 0 Å². The van der Waals surface area contributed by atoms with Crippen LogP contribution in [0.5, 0.6) is 0 Å². The second-order valence-corrected chi connectivity index (χ2v) is 5.17. The Labute approximate surface area is 119 Å². The van der Waals surface area contributed by atoms with Crippen LogP contribution in [0.2, 0.25) is 0 Å². The van der Waals surface area contributed by atoms with Gasteiger partial charge >= 0.3 is 0 Å². The number of amides is 1. The first-order valence-corrected chi connectivity index (χ1v) is 7.17. The third-order valence-electron chi connectivity index (χ3n) is 3.91. The van der Waals surface area contributed by atoms with Crippen molar-refractivity contribution in [1.29, 1.82) is 0 Å². The molecule has 2 aromatic rings. The van der Waals surface area contributed by atoms with Crippen molar-refractivity contribution in [3.63, 3.8) is 0 Å². The highest BCUT2D eigenvalue weighted by Gasteiger charge is 2.30. The summed E-state index contributed by atoms with van der Waals surface area (Å²) in [7, 11) is 0. The summed E-state index contributed by atoms with van der Waals surface area (Å²) in [5.41, 5.74) is 1.97. The van der Waals surface area contributed by atoms with E-state index in [-0.39, 0.29) is 11.9 Å². The van der Waals surface area contributed by atoms with Crippen LogP contribution < -0.4 is 0 Å². The summed E-state index contributed by atoms with van der Waals surface area (Å²) in [6.07, 6.45) is 7.52. The Hall–Kier alpha value is -2.10. The molecule has 3 heterocycles. The van der Waals surface area contributed by atoms with Crippen molar-refractivity contribution in [2.75, 3.05) is 6.54 Å². The lowest BCUT2D eigenvalue weighted by Crippen LogP contribution is -2.41. The fourth-order valence-electron chi connectivity index (χ4n) is 2.94. The van der Waals surface area contributed by atoms with Crippen molar-refractivity contribution in [3.8, 4) is 0 Å². The minimum atomic E-state index is 0.110. The molecule has 1 aliphatic rings. The van der Waals surface area contributed by atoms with E-state index in [9.17, 15) is 4.79 Å². The summed E-state index contributed by atoms with van der Waals surface area (Å²) in [5, 5.41) is 0. The molecule has 4 heteroatoms. The number of hydrogen-bond acceptors (Lipinski definition) is 2. The molecule has 1 atom stereocenters. The number of aromatic nitrogens is 2. The van der Waals surface area contributed by atoms with E-state index in [1.165, 1.54) is 5.69 Å². The van der Waals surface area contributed by atoms with E-state index in [2.05, 4.69) is 34.8 Å². The maximum Gasteiger partial charge on any atom is 0.254 e. The number of carbonyl (C=O) groups excluding carboxylic acids is 1. The molecule has 1 amide bonds. The van der Waals surface area contributed by atoms with Gasteiger partial charge in [-0.3, -0.25) is 9.78 Å². The third-order valence-corrected chi connectivity index (χ3v) is 3.91. The number of fused-ring (bicyclic) bond motifs is 1. The molecule has 0 radical (unpaired) electrons. The molecule has 0 saturated heterocycles. The van der Waals surface area contributed by atoms with Gasteiger partial charge in [0.15, 0.2) is 0 Å². The maximum absolute atomic E-state index is 12.7. The zero-order chi connectivity index (χ0) is 13.9. The smallest absolute Gasteiger partial charge is 0.254 e. The van der Waals surface area contributed by atoms with Crippen LogP contribution in [-0.2, 0) is 6.54 Å². The maximum atomic E-state index is 12.7. The Balaban J connectivity index is 1.91. The first-order chi connectivity index (χ1) is 9.81. The summed E-state index contributed by atoms with van der Waals surface area (Å²) in [6.45, 7) is 3.81. The predicted octanol–water partition coefficient (Wildman–Crippen LogP) is 2.88. The van der Waals surface area contributed by atoms with Crippen LogP contribution in [0, 0.1) is 0 Å². The lowest BCUT2D eigenvalue weighted by molar-refractivity contribution is 0.0611. The first-order valence-electron chi connectivity index (χ1n) is 7.17. The zero-order valence-electron chi connectivity index (χ0n) is 11.7. The summed E-state index contributed by atoms with van der Waals surface area (Å²) < 4.78 is 2.26. The topological polar surface area (TPSA) is 38.1 Å². The molecule has 0 bridgehead atoms. The van der Waals surface area contributed by atoms with Crippen molar-refractivity contribution in [2.24, 2.45) is 0 Å². The molecule has 3 rings (SSSR count). The fourth-order valence-corrected chi connectivity index (χ4v) is 2.94. The van der Waals surface area contributed by atoms with E-state index in [0.29, 0.717) is 0 Å². The second-order valence-electron chi connectivity index (χ2n) is 5.17. The van der Waals surface area contributed by atoms with Crippen LogP contribution in [0.4, 0.5) is 0 Å². The number of hydrogen-bond donors (Lipinski definition) is 0. The zero-order valence-corrected chi connectivity index (χ0v) is 11.7. The van der Waals surface area contributed by atoms with Crippen molar-refractivity contribution in [2.45, 2.75) is 32.4 Å². The minimum Gasteiger partial charge on any atom is -0.348 e. The summed E-state index contributed by atoms with van der Waals surface area (Å²) in [6, 6.07) is 7.97. The Morgan fingerprint density at radius 3 is 2.85 bits per heavy atom. The van der Waals surface area contributed by atoms with Gasteiger partial charge in [-0.05, 0) is 30.7 Å². The van der Waals surface area contributed by atoms with E-state index in [0.717, 1.165) is 31.5 Å². The molecule has 0 fully saturated rings. The second kappa shape index (κ2) is 5.49.